The van der Waals surface area contributed by atoms with Gasteiger partial charge in [0.15, 0.2) is 0 Å². The predicted octanol–water partition coefficient (Wildman–Crippen LogP) is 2.62. The first-order valence-corrected chi connectivity index (χ1v) is 23.9. The second-order valence-corrected chi connectivity index (χ2v) is 17.8. The molecule has 0 aliphatic carbocycles. The molecule has 18 N–H and O–H groups in total. The first-order chi connectivity index (χ1) is 32.0. The molecule has 0 spiro atoms. The van der Waals surface area contributed by atoms with E-state index < -0.39 is 0 Å². The van der Waals surface area contributed by atoms with Crippen molar-refractivity contribution in [2.24, 2.45) is 22.9 Å². The Morgan fingerprint density at radius 3 is 1.12 bits per heavy atom. The van der Waals surface area contributed by atoms with E-state index in [2.05, 4.69) is 31.9 Å². The van der Waals surface area contributed by atoms with E-state index in [-0.39, 0.29) is 71.6 Å². The van der Waals surface area contributed by atoms with E-state index in [0.717, 1.165) is 86.6 Å². The summed E-state index contributed by atoms with van der Waals surface area (Å²) < 4.78 is 0. The van der Waals surface area contributed by atoms with Crippen molar-refractivity contribution in [2.75, 3.05) is 58.9 Å². The number of benzene rings is 4. The summed E-state index contributed by atoms with van der Waals surface area (Å²) in [6.45, 7) is 5.86. The van der Waals surface area contributed by atoms with Crippen LogP contribution < -0.4 is 54.8 Å². The molecule has 0 saturated carbocycles. The average molecular weight is 913 g/mol. The van der Waals surface area contributed by atoms with Gasteiger partial charge in [-0.1, -0.05) is 61.4 Å². The van der Waals surface area contributed by atoms with Crippen LogP contribution in [0.3, 0.4) is 0 Å². The fraction of sp³-hybridized carbons (Fsp3) is 0.510. The number of carbonyl (C=O) groups is 1. The minimum Gasteiger partial charge on any atom is -0.508 e. The third kappa shape index (κ3) is 23.1. The number of phenolic OH excluding ortho intramolecular Hbond substituents is 4. The number of phenols is 4. The van der Waals surface area contributed by atoms with Crippen LogP contribution in [-0.4, -0.2) is 121 Å². The van der Waals surface area contributed by atoms with Crippen molar-refractivity contribution in [3.8, 4) is 23.0 Å². The second-order valence-electron chi connectivity index (χ2n) is 17.8. The van der Waals surface area contributed by atoms with Gasteiger partial charge in [-0.05, 0) is 135 Å². The molecule has 0 heterocycles. The summed E-state index contributed by atoms with van der Waals surface area (Å²) >= 11 is 0. The lowest BCUT2D eigenvalue weighted by Gasteiger charge is -2.29. The van der Waals surface area contributed by atoms with Crippen LogP contribution in [0.1, 0.15) is 67.2 Å². The number of aromatic hydroxyl groups is 4. The third-order valence-electron chi connectivity index (χ3n) is 11.9. The molecule has 0 radical (unpaired) electrons. The summed E-state index contributed by atoms with van der Waals surface area (Å²) in [5, 5.41) is 62.3. The molecule has 0 unspecified atom stereocenters. The molecule has 6 atom stereocenters. The molecule has 4 aromatic carbocycles. The van der Waals surface area contributed by atoms with Crippen LogP contribution >= 0.6 is 0 Å². The van der Waals surface area contributed by atoms with Crippen molar-refractivity contribution in [1.82, 2.24) is 31.9 Å². The van der Waals surface area contributed by atoms with Crippen LogP contribution in [0.2, 0.25) is 0 Å². The number of unbranched alkanes of at least 4 members (excludes halogenated alkanes) is 2. The fourth-order valence-electron chi connectivity index (χ4n) is 8.07. The van der Waals surface area contributed by atoms with Crippen molar-refractivity contribution in [1.29, 1.82) is 0 Å². The molecule has 0 fully saturated rings. The zero-order chi connectivity index (χ0) is 47.4. The molecule has 0 aliphatic rings. The SMILES string of the molecule is NCCCC[C@@H](CN[C@H](CNCCC(N)=O)Cc1ccc(O)cc1)NC[C@H](Cc1ccc(O)cc1)NC[C@H](CCCCN)NC[C@H](Cc1ccc(O)cc1)NC[C@@H](N)Cc1ccc(O)cc1. The molecule has 0 saturated heterocycles. The van der Waals surface area contributed by atoms with Crippen molar-refractivity contribution >= 4 is 5.91 Å². The molecule has 4 rings (SSSR count). The summed E-state index contributed by atoms with van der Waals surface area (Å²) in [6, 6.07) is 29.6. The van der Waals surface area contributed by atoms with Gasteiger partial charge in [0.1, 0.15) is 23.0 Å². The number of primary amides is 1. The van der Waals surface area contributed by atoms with Crippen LogP contribution in [0.4, 0.5) is 0 Å². The normalized spacial score (nSPS) is 14.3. The zero-order valence-corrected chi connectivity index (χ0v) is 38.9. The van der Waals surface area contributed by atoms with Crippen molar-refractivity contribution in [3.63, 3.8) is 0 Å². The van der Waals surface area contributed by atoms with E-state index in [1.807, 2.05) is 48.5 Å². The lowest BCUT2D eigenvalue weighted by Crippen LogP contribution is -2.53. The smallest absolute Gasteiger partial charge is 0.218 e. The van der Waals surface area contributed by atoms with Gasteiger partial charge in [0, 0.05) is 88.5 Å². The third-order valence-corrected chi connectivity index (χ3v) is 11.9. The van der Waals surface area contributed by atoms with E-state index in [0.29, 0.717) is 58.8 Å². The van der Waals surface area contributed by atoms with E-state index in [1.165, 1.54) is 0 Å². The second kappa shape index (κ2) is 31.2. The Morgan fingerprint density at radius 2 is 0.758 bits per heavy atom. The Labute approximate surface area is 392 Å². The monoisotopic (exact) mass is 913 g/mol. The summed E-state index contributed by atoms with van der Waals surface area (Å²) in [6.07, 6.45) is 8.90. The van der Waals surface area contributed by atoms with Gasteiger partial charge in [-0.15, -0.1) is 0 Å². The highest BCUT2D eigenvalue weighted by molar-refractivity contribution is 5.73. The Morgan fingerprint density at radius 1 is 0.439 bits per heavy atom. The molecular formula is C51H80N10O5. The average Bonchev–Trinajstić information content (AvgIpc) is 3.30. The number of hydrogen-bond donors (Lipinski definition) is 14. The number of rotatable bonds is 36. The first kappa shape index (κ1) is 53.8. The predicted molar refractivity (Wildman–Crippen MR) is 267 cm³/mol. The number of carbonyl (C=O) groups excluding carboxylic acids is 1. The lowest BCUT2D eigenvalue weighted by atomic mass is 10.0. The zero-order valence-electron chi connectivity index (χ0n) is 38.9. The highest BCUT2D eigenvalue weighted by Crippen LogP contribution is 2.16. The van der Waals surface area contributed by atoms with Crippen LogP contribution in [0.25, 0.3) is 0 Å². The maximum Gasteiger partial charge on any atom is 0.218 e. The molecule has 4 aromatic rings. The van der Waals surface area contributed by atoms with Gasteiger partial charge in [0.25, 0.3) is 0 Å². The topological polar surface area (TPSA) is 274 Å². The van der Waals surface area contributed by atoms with E-state index in [9.17, 15) is 25.2 Å². The van der Waals surface area contributed by atoms with Gasteiger partial charge in [-0.25, -0.2) is 0 Å². The molecule has 0 aliphatic heterocycles. The summed E-state index contributed by atoms with van der Waals surface area (Å²) in [5.74, 6) is 0.592. The first-order valence-electron chi connectivity index (χ1n) is 23.9. The number of nitrogens with two attached hydrogens (primary N) is 4. The van der Waals surface area contributed by atoms with E-state index in [4.69, 9.17) is 22.9 Å². The molecule has 15 heteroatoms. The highest BCUT2D eigenvalue weighted by atomic mass is 16.3. The molecule has 364 valence electrons. The van der Waals surface area contributed by atoms with Gasteiger partial charge in [-0.2, -0.15) is 0 Å². The Hall–Kier alpha value is -4.81. The van der Waals surface area contributed by atoms with Gasteiger partial charge >= 0.3 is 0 Å². The largest absolute Gasteiger partial charge is 0.508 e. The number of amides is 1. The minimum absolute atomic E-state index is 0.0601. The van der Waals surface area contributed by atoms with Gasteiger partial charge in [0.2, 0.25) is 5.91 Å². The molecule has 0 aromatic heterocycles. The van der Waals surface area contributed by atoms with Crippen LogP contribution in [0.15, 0.2) is 97.1 Å². The van der Waals surface area contributed by atoms with E-state index in [1.54, 1.807) is 48.5 Å². The maximum absolute atomic E-state index is 11.4. The van der Waals surface area contributed by atoms with Gasteiger partial charge in [0.05, 0.1) is 0 Å². The summed E-state index contributed by atoms with van der Waals surface area (Å²) in [7, 11) is 0. The highest BCUT2D eigenvalue weighted by Gasteiger charge is 2.20. The fourth-order valence-corrected chi connectivity index (χ4v) is 8.07. The lowest BCUT2D eigenvalue weighted by molar-refractivity contribution is -0.117. The standard InChI is InChI=1S/C51H80N10O5/c52-24-3-1-5-42(33-60-44(32-56-26-23-51(55)66)28-38-9-17-48(63)18-10-38)59-36-46(30-40-13-21-50(65)22-14-40)61-34-43(6-2-4-25-53)58-35-45(29-39-11-19-49(64)20-12-39)57-31-41(54)27-37-7-15-47(62)16-8-37/h7-22,41-46,56-65H,1-6,23-36,52-54H2,(H2,55,66)/t41-,42-,43-,44-,45-,46-/m0/s1. The summed E-state index contributed by atoms with van der Waals surface area (Å²) in [4.78, 5) is 11.4. The Kier molecular flexibility index (Phi) is 25.4. The van der Waals surface area contributed by atoms with Gasteiger partial charge < -0.3 is 75.3 Å². The number of hydrogen-bond acceptors (Lipinski definition) is 14. The van der Waals surface area contributed by atoms with Gasteiger partial charge in [-0.3, -0.25) is 4.79 Å². The Bertz CT molecular complexity index is 1870. The van der Waals surface area contributed by atoms with Crippen LogP contribution in [-0.2, 0) is 30.5 Å². The maximum atomic E-state index is 11.4. The summed E-state index contributed by atoms with van der Waals surface area (Å²) in [5.41, 5.74) is 28.3. The molecule has 66 heavy (non-hydrogen) atoms. The minimum atomic E-state index is -0.339. The molecule has 1 amide bonds. The van der Waals surface area contributed by atoms with Crippen molar-refractivity contribution < 1.29 is 25.2 Å². The quantitative estimate of drug-likeness (QED) is 0.0293. The molecular weight excluding hydrogens is 833 g/mol. The van der Waals surface area contributed by atoms with Crippen molar-refractivity contribution in [3.05, 3.63) is 119 Å². The van der Waals surface area contributed by atoms with Crippen molar-refractivity contribution in [2.45, 2.75) is 107 Å². The number of nitrogens with one attached hydrogen (secondary N) is 6. The molecule has 15 nitrogen and oxygen atoms in total. The molecule has 0 bridgehead atoms. The van der Waals surface area contributed by atoms with Crippen LogP contribution in [0, 0.1) is 0 Å². The Balaban J connectivity index is 1.45. The van der Waals surface area contributed by atoms with Crippen LogP contribution in [0.5, 0.6) is 23.0 Å². The van der Waals surface area contributed by atoms with E-state index >= 15 is 0 Å².